The van der Waals surface area contributed by atoms with E-state index in [2.05, 4.69) is 10.3 Å². The first-order valence-electron chi connectivity index (χ1n) is 6.73. The molecule has 0 radical (unpaired) electrons. The van der Waals surface area contributed by atoms with Crippen molar-refractivity contribution in [2.24, 2.45) is 0 Å². The van der Waals surface area contributed by atoms with Gasteiger partial charge in [-0.2, -0.15) is 4.31 Å². The second kappa shape index (κ2) is 6.70. The molecular weight excluding hydrogens is 310 g/mol. The Morgan fingerprint density at radius 2 is 2.00 bits per heavy atom. The third kappa shape index (κ3) is 3.18. The van der Waals surface area contributed by atoms with Gasteiger partial charge in [0.25, 0.3) is 0 Å². The number of nitrogens with zero attached hydrogens (tertiary/aromatic N) is 2. The zero-order valence-electron chi connectivity index (χ0n) is 11.5. The first-order chi connectivity index (χ1) is 9.69. The van der Waals surface area contributed by atoms with Gasteiger partial charge in [-0.05, 0) is 30.5 Å². The molecule has 114 valence electrons. The smallest absolute Gasteiger partial charge is 0.243 e. The molecule has 1 aliphatic heterocycles. The van der Waals surface area contributed by atoms with E-state index in [0.29, 0.717) is 29.9 Å². The summed E-state index contributed by atoms with van der Waals surface area (Å²) in [5.41, 5.74) is 0. The predicted octanol–water partition coefficient (Wildman–Crippen LogP) is 1.64. The number of aromatic nitrogens is 1. The number of fused-ring (bicyclic) bond motifs is 1. The van der Waals surface area contributed by atoms with E-state index in [9.17, 15) is 8.42 Å². The topological polar surface area (TPSA) is 62.3 Å². The van der Waals surface area contributed by atoms with Crippen molar-refractivity contribution in [2.75, 3.05) is 26.2 Å². The molecule has 1 saturated heterocycles. The highest BCUT2D eigenvalue weighted by Gasteiger charge is 2.26. The van der Waals surface area contributed by atoms with Gasteiger partial charge < -0.3 is 5.32 Å². The van der Waals surface area contributed by atoms with Crippen molar-refractivity contribution in [2.45, 2.75) is 11.3 Å². The average molecular weight is 328 g/mol. The molecule has 0 unspecified atom stereocenters. The number of nitrogens with one attached hydrogen (secondary N) is 1. The Kier molecular flexibility index (Phi) is 5.16. The van der Waals surface area contributed by atoms with Gasteiger partial charge in [0.05, 0.1) is 4.90 Å². The Morgan fingerprint density at radius 1 is 1.14 bits per heavy atom. The predicted molar refractivity (Wildman–Crippen MR) is 85.2 cm³/mol. The summed E-state index contributed by atoms with van der Waals surface area (Å²) in [6, 6.07) is 7.18. The van der Waals surface area contributed by atoms with E-state index in [0.717, 1.165) is 18.4 Å². The summed E-state index contributed by atoms with van der Waals surface area (Å²) in [6.45, 7) is 2.64. The molecule has 1 fully saturated rings. The summed E-state index contributed by atoms with van der Waals surface area (Å²) < 4.78 is 27.2. The van der Waals surface area contributed by atoms with Crippen molar-refractivity contribution in [1.29, 1.82) is 0 Å². The van der Waals surface area contributed by atoms with E-state index in [1.165, 1.54) is 0 Å². The highest BCUT2D eigenvalue weighted by Crippen LogP contribution is 2.25. The van der Waals surface area contributed by atoms with Crippen LogP contribution in [0.15, 0.2) is 41.6 Å². The van der Waals surface area contributed by atoms with E-state index in [1.807, 2.05) is 12.1 Å². The van der Waals surface area contributed by atoms with Crippen molar-refractivity contribution < 1.29 is 8.42 Å². The molecule has 3 rings (SSSR count). The quantitative estimate of drug-likeness (QED) is 0.911. The minimum atomic E-state index is -3.46. The zero-order valence-corrected chi connectivity index (χ0v) is 13.2. The SMILES string of the molecule is Cl.O=S(=O)(c1cccc2ccncc12)N1CCCNCC1. The highest BCUT2D eigenvalue weighted by molar-refractivity contribution is 7.89. The first kappa shape index (κ1) is 16.2. The second-order valence-electron chi connectivity index (χ2n) is 4.86. The molecular formula is C14H18ClN3O2S. The number of hydrogen-bond donors (Lipinski definition) is 1. The molecule has 1 aliphatic rings. The molecule has 0 atom stereocenters. The molecule has 21 heavy (non-hydrogen) atoms. The first-order valence-corrected chi connectivity index (χ1v) is 8.17. The fourth-order valence-electron chi connectivity index (χ4n) is 2.51. The third-order valence-corrected chi connectivity index (χ3v) is 5.52. The minimum absolute atomic E-state index is 0. The third-order valence-electron chi connectivity index (χ3n) is 3.56. The van der Waals surface area contributed by atoms with Gasteiger partial charge in [-0.1, -0.05) is 12.1 Å². The van der Waals surface area contributed by atoms with Crippen LogP contribution in [-0.4, -0.2) is 43.9 Å². The van der Waals surface area contributed by atoms with Crippen molar-refractivity contribution in [3.8, 4) is 0 Å². The Hall–Kier alpha value is -1.21. The van der Waals surface area contributed by atoms with Crippen molar-refractivity contribution in [3.63, 3.8) is 0 Å². The number of rotatable bonds is 2. The zero-order chi connectivity index (χ0) is 14.0. The highest BCUT2D eigenvalue weighted by atomic mass is 35.5. The lowest BCUT2D eigenvalue weighted by Gasteiger charge is -2.20. The lowest BCUT2D eigenvalue weighted by molar-refractivity contribution is 0.432. The monoisotopic (exact) mass is 327 g/mol. The number of halogens is 1. The fraction of sp³-hybridized carbons (Fsp3) is 0.357. The average Bonchev–Trinajstić information content (AvgIpc) is 2.76. The molecule has 1 N–H and O–H groups in total. The van der Waals surface area contributed by atoms with Crippen molar-refractivity contribution >= 4 is 33.2 Å². The maximum atomic E-state index is 12.8. The molecule has 2 aromatic rings. The van der Waals surface area contributed by atoms with E-state index in [1.54, 1.807) is 28.8 Å². The van der Waals surface area contributed by atoms with Crippen LogP contribution in [0.3, 0.4) is 0 Å². The molecule has 0 spiro atoms. The van der Waals surface area contributed by atoms with Crippen molar-refractivity contribution in [3.05, 3.63) is 36.7 Å². The van der Waals surface area contributed by atoms with Crippen LogP contribution >= 0.6 is 12.4 Å². The lowest BCUT2D eigenvalue weighted by atomic mass is 10.2. The van der Waals surface area contributed by atoms with Crippen LogP contribution in [0.2, 0.25) is 0 Å². The molecule has 0 aliphatic carbocycles. The van der Waals surface area contributed by atoms with Gasteiger partial charge in [-0.3, -0.25) is 4.98 Å². The number of benzene rings is 1. The van der Waals surface area contributed by atoms with Crippen LogP contribution in [0.4, 0.5) is 0 Å². The summed E-state index contributed by atoms with van der Waals surface area (Å²) in [6.07, 6.45) is 4.13. The van der Waals surface area contributed by atoms with Crippen LogP contribution in [0, 0.1) is 0 Å². The minimum Gasteiger partial charge on any atom is -0.315 e. The maximum Gasteiger partial charge on any atom is 0.243 e. The molecule has 7 heteroatoms. The number of hydrogen-bond acceptors (Lipinski definition) is 4. The van der Waals surface area contributed by atoms with Gasteiger partial charge >= 0.3 is 0 Å². The molecule has 1 aromatic heterocycles. The van der Waals surface area contributed by atoms with Gasteiger partial charge in [0.2, 0.25) is 10.0 Å². The van der Waals surface area contributed by atoms with Gasteiger partial charge in [0.1, 0.15) is 0 Å². The van der Waals surface area contributed by atoms with Crippen LogP contribution in [0.5, 0.6) is 0 Å². The van der Waals surface area contributed by atoms with Crippen LogP contribution in [-0.2, 0) is 10.0 Å². The Labute approximate surface area is 130 Å². The van der Waals surface area contributed by atoms with Gasteiger partial charge in [0, 0.05) is 37.4 Å². The van der Waals surface area contributed by atoms with E-state index >= 15 is 0 Å². The van der Waals surface area contributed by atoms with E-state index < -0.39 is 10.0 Å². The van der Waals surface area contributed by atoms with E-state index in [4.69, 9.17) is 0 Å². The summed E-state index contributed by atoms with van der Waals surface area (Å²) in [7, 11) is -3.46. The summed E-state index contributed by atoms with van der Waals surface area (Å²) >= 11 is 0. The van der Waals surface area contributed by atoms with Gasteiger partial charge in [-0.15, -0.1) is 12.4 Å². The summed E-state index contributed by atoms with van der Waals surface area (Å²) in [5.74, 6) is 0. The van der Waals surface area contributed by atoms with Gasteiger partial charge in [-0.25, -0.2) is 8.42 Å². The molecule has 0 bridgehead atoms. The number of sulfonamides is 1. The molecule has 1 aromatic carbocycles. The van der Waals surface area contributed by atoms with Crippen LogP contribution < -0.4 is 5.32 Å². The lowest BCUT2D eigenvalue weighted by Crippen LogP contribution is -2.34. The second-order valence-corrected chi connectivity index (χ2v) is 6.77. The van der Waals surface area contributed by atoms with Crippen LogP contribution in [0.25, 0.3) is 10.8 Å². The summed E-state index contributed by atoms with van der Waals surface area (Å²) in [5, 5.41) is 4.80. The summed E-state index contributed by atoms with van der Waals surface area (Å²) in [4.78, 5) is 4.41. The molecule has 0 amide bonds. The largest absolute Gasteiger partial charge is 0.315 e. The van der Waals surface area contributed by atoms with Crippen molar-refractivity contribution in [1.82, 2.24) is 14.6 Å². The Balaban J connectivity index is 0.00000161. The van der Waals surface area contributed by atoms with E-state index in [-0.39, 0.29) is 12.4 Å². The van der Waals surface area contributed by atoms with Crippen LogP contribution in [0.1, 0.15) is 6.42 Å². The standard InChI is InChI=1S/C14H17N3O2S.ClH/c18-20(19,17-9-2-6-15-8-10-17)14-4-1-3-12-5-7-16-11-13(12)14;/h1,3-5,7,11,15H,2,6,8-10H2;1H. The van der Waals surface area contributed by atoms with Gasteiger partial charge in [0.15, 0.2) is 0 Å². The molecule has 0 saturated carbocycles. The molecule has 2 heterocycles. The maximum absolute atomic E-state index is 12.8. The Bertz CT molecular complexity index is 708. The Morgan fingerprint density at radius 3 is 2.86 bits per heavy atom. The fourth-order valence-corrected chi connectivity index (χ4v) is 4.19. The number of pyridine rings is 1. The molecule has 5 nitrogen and oxygen atoms in total. The normalized spacial score (nSPS) is 17.1.